The van der Waals surface area contributed by atoms with Crippen LogP contribution in [0.15, 0.2) is 61.2 Å². The molecule has 8 nitrogen and oxygen atoms in total. The molecule has 0 spiro atoms. The number of aromatic nitrogens is 7. The minimum Gasteiger partial charge on any atom is -0.454 e. The van der Waals surface area contributed by atoms with E-state index in [-0.39, 0.29) is 12.6 Å². The van der Waals surface area contributed by atoms with Gasteiger partial charge in [0.1, 0.15) is 6.33 Å². The highest BCUT2D eigenvalue weighted by Crippen LogP contribution is 2.13. The molecule has 0 atom stereocenters. The van der Waals surface area contributed by atoms with Crippen LogP contribution < -0.4 is 4.74 Å². The summed E-state index contributed by atoms with van der Waals surface area (Å²) in [6.07, 6.45) is 5.01. The summed E-state index contributed by atoms with van der Waals surface area (Å²) in [4.78, 5) is 12.5. The number of nitrogens with zero attached hydrogens (tertiary/aromatic N) is 6. The van der Waals surface area contributed by atoms with Gasteiger partial charge in [0, 0.05) is 18.0 Å². The summed E-state index contributed by atoms with van der Waals surface area (Å²) in [5.41, 5.74) is 1.75. The van der Waals surface area contributed by atoms with Gasteiger partial charge in [-0.25, -0.2) is 9.67 Å². The molecule has 3 heterocycles. The number of para-hydroxylation sites is 1. The van der Waals surface area contributed by atoms with Gasteiger partial charge in [0.2, 0.25) is 0 Å². The van der Waals surface area contributed by atoms with Crippen molar-refractivity contribution in [1.29, 1.82) is 0 Å². The van der Waals surface area contributed by atoms with Crippen molar-refractivity contribution in [3.63, 3.8) is 0 Å². The fourth-order valence-corrected chi connectivity index (χ4v) is 2.14. The Balaban J connectivity index is 1.43. The number of H-pyrrole nitrogens is 1. The molecule has 4 aromatic rings. The number of hydrogen-bond donors (Lipinski definition) is 1. The van der Waals surface area contributed by atoms with E-state index in [2.05, 4.69) is 30.2 Å². The van der Waals surface area contributed by atoms with E-state index < -0.39 is 0 Å². The molecule has 0 fully saturated rings. The zero-order chi connectivity index (χ0) is 16.2. The second-order valence-corrected chi connectivity index (χ2v) is 4.94. The average molecular weight is 319 g/mol. The zero-order valence-corrected chi connectivity index (χ0v) is 12.6. The fourth-order valence-electron chi connectivity index (χ4n) is 2.14. The largest absolute Gasteiger partial charge is 0.454 e. The van der Waals surface area contributed by atoms with E-state index in [1.807, 2.05) is 42.5 Å². The number of ether oxygens (including phenoxy) is 1. The number of hydrogen-bond acceptors (Lipinski definition) is 6. The van der Waals surface area contributed by atoms with Gasteiger partial charge >= 0.3 is 6.01 Å². The lowest BCUT2D eigenvalue weighted by molar-refractivity contribution is 0.272. The van der Waals surface area contributed by atoms with Crippen molar-refractivity contribution < 1.29 is 4.74 Å². The summed E-state index contributed by atoms with van der Waals surface area (Å²) in [5, 5.41) is 11.3. The monoisotopic (exact) mass is 319 g/mol. The van der Waals surface area contributed by atoms with Crippen LogP contribution in [0, 0.1) is 0 Å². The number of nitrogens with one attached hydrogen (secondary N) is 1. The molecule has 0 aliphatic heterocycles. The molecule has 0 saturated carbocycles. The lowest BCUT2D eigenvalue weighted by Crippen LogP contribution is -2.00. The number of aromatic amines is 1. The third-order valence-electron chi connectivity index (χ3n) is 3.28. The summed E-state index contributed by atoms with van der Waals surface area (Å²) in [7, 11) is 0. The minimum absolute atomic E-state index is 0.200. The first kappa shape index (κ1) is 14.1. The third kappa shape index (κ3) is 2.98. The maximum absolute atomic E-state index is 5.55. The second kappa shape index (κ2) is 6.29. The van der Waals surface area contributed by atoms with E-state index in [0.717, 1.165) is 11.3 Å². The zero-order valence-electron chi connectivity index (χ0n) is 12.6. The van der Waals surface area contributed by atoms with Gasteiger partial charge < -0.3 is 4.74 Å². The van der Waals surface area contributed by atoms with Gasteiger partial charge in [0.05, 0.1) is 5.69 Å². The van der Waals surface area contributed by atoms with Crippen LogP contribution in [0.1, 0.15) is 5.82 Å². The summed E-state index contributed by atoms with van der Waals surface area (Å²) in [6.45, 7) is 0.200. The van der Waals surface area contributed by atoms with Crippen LogP contribution in [0.5, 0.6) is 6.01 Å². The Hall–Kier alpha value is -3.55. The predicted molar refractivity (Wildman–Crippen MR) is 85.3 cm³/mol. The molecule has 0 amide bonds. The summed E-state index contributed by atoms with van der Waals surface area (Å²) >= 11 is 0. The molecule has 3 aromatic heterocycles. The molecule has 1 N–H and O–H groups in total. The summed E-state index contributed by atoms with van der Waals surface area (Å²) in [5.74, 6) is 1.16. The Bertz CT molecular complexity index is 840. The molecule has 118 valence electrons. The van der Waals surface area contributed by atoms with E-state index in [0.29, 0.717) is 11.6 Å². The van der Waals surface area contributed by atoms with Gasteiger partial charge in [0.15, 0.2) is 18.3 Å². The normalized spacial score (nSPS) is 10.7. The molecule has 0 saturated heterocycles. The highest BCUT2D eigenvalue weighted by Gasteiger charge is 2.08. The maximum Gasteiger partial charge on any atom is 0.336 e. The summed E-state index contributed by atoms with van der Waals surface area (Å²) < 4.78 is 7.20. The van der Waals surface area contributed by atoms with Gasteiger partial charge in [-0.05, 0) is 24.3 Å². The van der Waals surface area contributed by atoms with E-state index >= 15 is 0 Å². The Morgan fingerprint density at radius 3 is 2.83 bits per heavy atom. The van der Waals surface area contributed by atoms with Crippen LogP contribution in [-0.2, 0) is 6.61 Å². The van der Waals surface area contributed by atoms with Crippen LogP contribution in [0.2, 0.25) is 0 Å². The van der Waals surface area contributed by atoms with Crippen LogP contribution in [-0.4, -0.2) is 34.9 Å². The number of rotatable bonds is 5. The average Bonchev–Trinajstić information content (AvgIpc) is 3.31. The van der Waals surface area contributed by atoms with Gasteiger partial charge in [-0.1, -0.05) is 18.2 Å². The van der Waals surface area contributed by atoms with Crippen molar-refractivity contribution in [3.05, 3.63) is 67.0 Å². The molecule has 0 bridgehead atoms. The van der Waals surface area contributed by atoms with Crippen molar-refractivity contribution in [2.24, 2.45) is 0 Å². The van der Waals surface area contributed by atoms with E-state index in [1.54, 1.807) is 23.4 Å². The highest BCUT2D eigenvalue weighted by atomic mass is 16.5. The molecule has 8 heteroatoms. The molecule has 4 rings (SSSR count). The van der Waals surface area contributed by atoms with Crippen LogP contribution in [0.25, 0.3) is 17.1 Å². The third-order valence-corrected chi connectivity index (χ3v) is 3.28. The number of benzene rings is 1. The lowest BCUT2D eigenvalue weighted by atomic mass is 10.3. The fraction of sp³-hybridized carbons (Fsp3) is 0.0625. The van der Waals surface area contributed by atoms with Crippen molar-refractivity contribution >= 4 is 0 Å². The van der Waals surface area contributed by atoms with Gasteiger partial charge in [-0.15, -0.1) is 5.10 Å². The molecule has 0 unspecified atom stereocenters. The highest BCUT2D eigenvalue weighted by molar-refractivity contribution is 5.52. The standard InChI is InChI=1S/C16H13N7O/c1-2-6-13(7-3-1)23-11-18-16(22-23)24-10-14-19-15(21-20-14)12-5-4-8-17-9-12/h1-9,11H,10H2,(H,19,20,21). The Morgan fingerprint density at radius 2 is 2.00 bits per heavy atom. The molecular formula is C16H13N7O. The maximum atomic E-state index is 5.55. The first-order chi connectivity index (χ1) is 11.9. The van der Waals surface area contributed by atoms with Gasteiger partial charge in [0.25, 0.3) is 0 Å². The van der Waals surface area contributed by atoms with E-state index in [4.69, 9.17) is 4.74 Å². The minimum atomic E-state index is 0.200. The van der Waals surface area contributed by atoms with Crippen molar-refractivity contribution in [1.82, 2.24) is 34.9 Å². The molecule has 1 aromatic carbocycles. The van der Waals surface area contributed by atoms with Gasteiger partial charge in [-0.2, -0.15) is 10.1 Å². The Kier molecular flexibility index (Phi) is 3.69. The van der Waals surface area contributed by atoms with Crippen LogP contribution in [0.3, 0.4) is 0 Å². The Morgan fingerprint density at radius 1 is 1.08 bits per heavy atom. The topological polar surface area (TPSA) is 94.4 Å². The molecule has 0 aliphatic carbocycles. The number of pyridine rings is 1. The van der Waals surface area contributed by atoms with Crippen molar-refractivity contribution in [2.45, 2.75) is 6.61 Å². The van der Waals surface area contributed by atoms with E-state index in [9.17, 15) is 0 Å². The van der Waals surface area contributed by atoms with E-state index in [1.165, 1.54) is 0 Å². The van der Waals surface area contributed by atoms with Crippen LogP contribution in [0.4, 0.5) is 0 Å². The first-order valence-corrected chi connectivity index (χ1v) is 7.30. The van der Waals surface area contributed by atoms with Crippen molar-refractivity contribution in [2.75, 3.05) is 0 Å². The van der Waals surface area contributed by atoms with Crippen LogP contribution >= 0.6 is 0 Å². The molecule has 24 heavy (non-hydrogen) atoms. The Labute approximate surface area is 137 Å². The second-order valence-electron chi connectivity index (χ2n) is 4.94. The van der Waals surface area contributed by atoms with Gasteiger partial charge in [-0.3, -0.25) is 10.1 Å². The quantitative estimate of drug-likeness (QED) is 0.605. The summed E-state index contributed by atoms with van der Waals surface area (Å²) in [6, 6.07) is 13.7. The molecular weight excluding hydrogens is 306 g/mol. The van der Waals surface area contributed by atoms with Crippen molar-refractivity contribution in [3.8, 4) is 23.1 Å². The SMILES string of the molecule is c1ccc(-n2cnc(OCc3nc(-c4cccnc4)n[nH]3)n2)cc1. The smallest absolute Gasteiger partial charge is 0.336 e. The lowest BCUT2D eigenvalue weighted by Gasteiger charge is -1.99. The first-order valence-electron chi connectivity index (χ1n) is 7.30. The predicted octanol–water partition coefficient (Wildman–Crippen LogP) is 2.03. The molecule has 0 radical (unpaired) electrons. The molecule has 0 aliphatic rings.